The van der Waals surface area contributed by atoms with Crippen molar-refractivity contribution in [3.05, 3.63) is 58.1 Å². The van der Waals surface area contributed by atoms with Crippen molar-refractivity contribution >= 4 is 21.7 Å². The number of tetrazole rings is 1. The molecule has 0 radical (unpaired) electrons. The molecule has 0 aliphatic rings. The van der Waals surface area contributed by atoms with E-state index < -0.39 is 0 Å². The van der Waals surface area contributed by atoms with Crippen LogP contribution in [0.25, 0.3) is 11.4 Å². The van der Waals surface area contributed by atoms with Crippen LogP contribution in [0.2, 0.25) is 0 Å². The van der Waals surface area contributed by atoms with Gasteiger partial charge in [-0.05, 0) is 48.5 Å². The topological polar surface area (TPSA) is 69.9 Å². The summed E-state index contributed by atoms with van der Waals surface area (Å²) in [4.78, 5) is 13.8. The number of ether oxygens (including phenoxy) is 1. The summed E-state index contributed by atoms with van der Waals surface area (Å²) in [6.45, 7) is 1.93. The molecule has 3 aromatic rings. The molecule has 0 unspecified atom stereocenters. The molecule has 7 heteroatoms. The standard InChI is InChI=1S/C17H15BrN4O2/c1-11-3-8-16(24-2)14(9-11)15(23)10-22-20-17(19-21-22)12-4-6-13(18)7-5-12/h3-9H,10H2,1-2H3. The highest BCUT2D eigenvalue weighted by atomic mass is 79.9. The summed E-state index contributed by atoms with van der Waals surface area (Å²) in [5.74, 6) is 0.890. The summed E-state index contributed by atoms with van der Waals surface area (Å²) in [7, 11) is 1.54. The first-order chi connectivity index (χ1) is 11.6. The van der Waals surface area contributed by atoms with Crippen LogP contribution in [0.15, 0.2) is 46.9 Å². The maximum Gasteiger partial charge on any atom is 0.204 e. The molecule has 122 valence electrons. The molecule has 0 atom stereocenters. The van der Waals surface area contributed by atoms with Crippen molar-refractivity contribution in [2.75, 3.05) is 7.11 Å². The molecule has 0 amide bonds. The van der Waals surface area contributed by atoms with E-state index in [1.807, 2.05) is 37.3 Å². The Kier molecular flexibility index (Phi) is 4.71. The van der Waals surface area contributed by atoms with Gasteiger partial charge in [0.15, 0.2) is 5.78 Å². The third-order valence-corrected chi connectivity index (χ3v) is 4.02. The molecule has 0 saturated heterocycles. The van der Waals surface area contributed by atoms with Gasteiger partial charge in [0.1, 0.15) is 12.3 Å². The van der Waals surface area contributed by atoms with E-state index in [4.69, 9.17) is 4.74 Å². The number of aromatic nitrogens is 4. The average Bonchev–Trinajstić information content (AvgIpc) is 3.04. The van der Waals surface area contributed by atoms with Crippen LogP contribution in [0.4, 0.5) is 0 Å². The Morgan fingerprint density at radius 3 is 2.67 bits per heavy atom. The van der Waals surface area contributed by atoms with Gasteiger partial charge in [0.25, 0.3) is 0 Å². The first kappa shape index (κ1) is 16.3. The van der Waals surface area contributed by atoms with Crippen LogP contribution in [0.3, 0.4) is 0 Å². The number of rotatable bonds is 5. The lowest BCUT2D eigenvalue weighted by Crippen LogP contribution is -2.14. The number of methoxy groups -OCH3 is 1. The van der Waals surface area contributed by atoms with Gasteiger partial charge < -0.3 is 4.74 Å². The smallest absolute Gasteiger partial charge is 0.204 e. The molecular formula is C17H15BrN4O2. The van der Waals surface area contributed by atoms with Crippen molar-refractivity contribution in [1.29, 1.82) is 0 Å². The number of halogens is 1. The van der Waals surface area contributed by atoms with Gasteiger partial charge in [-0.15, -0.1) is 10.2 Å². The van der Waals surface area contributed by atoms with Crippen LogP contribution in [0, 0.1) is 6.92 Å². The van der Waals surface area contributed by atoms with Gasteiger partial charge in [0, 0.05) is 10.0 Å². The highest BCUT2D eigenvalue weighted by Gasteiger charge is 2.15. The Morgan fingerprint density at radius 2 is 1.96 bits per heavy atom. The van der Waals surface area contributed by atoms with Gasteiger partial charge >= 0.3 is 0 Å². The van der Waals surface area contributed by atoms with Crippen molar-refractivity contribution in [3.63, 3.8) is 0 Å². The van der Waals surface area contributed by atoms with E-state index in [2.05, 4.69) is 31.3 Å². The average molecular weight is 387 g/mol. The molecule has 0 aliphatic carbocycles. The van der Waals surface area contributed by atoms with Crippen molar-refractivity contribution in [1.82, 2.24) is 20.2 Å². The van der Waals surface area contributed by atoms with Gasteiger partial charge in [-0.1, -0.05) is 27.6 Å². The number of hydrogen-bond acceptors (Lipinski definition) is 5. The zero-order valence-electron chi connectivity index (χ0n) is 13.2. The summed E-state index contributed by atoms with van der Waals surface area (Å²) in [5.41, 5.74) is 2.34. The molecule has 1 aromatic heterocycles. The van der Waals surface area contributed by atoms with Crippen LogP contribution < -0.4 is 4.74 Å². The lowest BCUT2D eigenvalue weighted by atomic mass is 10.1. The number of carbonyl (C=O) groups is 1. The summed E-state index contributed by atoms with van der Waals surface area (Å²) >= 11 is 3.38. The van der Waals surface area contributed by atoms with Crippen molar-refractivity contribution < 1.29 is 9.53 Å². The van der Waals surface area contributed by atoms with Crippen molar-refractivity contribution in [3.8, 4) is 17.1 Å². The minimum atomic E-state index is -0.129. The highest BCUT2D eigenvalue weighted by molar-refractivity contribution is 9.10. The Morgan fingerprint density at radius 1 is 1.21 bits per heavy atom. The van der Waals surface area contributed by atoms with E-state index in [1.165, 1.54) is 4.80 Å². The first-order valence-electron chi connectivity index (χ1n) is 7.28. The minimum Gasteiger partial charge on any atom is -0.496 e. The van der Waals surface area contributed by atoms with Gasteiger partial charge in [0.05, 0.1) is 12.7 Å². The molecule has 0 aliphatic heterocycles. The molecule has 24 heavy (non-hydrogen) atoms. The molecular weight excluding hydrogens is 372 g/mol. The number of aryl methyl sites for hydroxylation is 1. The number of carbonyl (C=O) groups excluding carboxylic acids is 1. The molecule has 3 rings (SSSR count). The Bertz CT molecular complexity index is 875. The Labute approximate surface area is 147 Å². The molecule has 0 spiro atoms. The molecule has 2 aromatic carbocycles. The third kappa shape index (κ3) is 3.51. The summed E-state index contributed by atoms with van der Waals surface area (Å²) in [6.07, 6.45) is 0. The molecule has 1 heterocycles. The second-order valence-electron chi connectivity index (χ2n) is 5.28. The zero-order valence-corrected chi connectivity index (χ0v) is 14.8. The SMILES string of the molecule is COc1ccc(C)cc1C(=O)Cn1nnc(-c2ccc(Br)cc2)n1. The van der Waals surface area contributed by atoms with E-state index >= 15 is 0 Å². The maximum absolute atomic E-state index is 12.5. The molecule has 0 N–H and O–H groups in total. The largest absolute Gasteiger partial charge is 0.496 e. The van der Waals surface area contributed by atoms with E-state index in [-0.39, 0.29) is 12.3 Å². The summed E-state index contributed by atoms with van der Waals surface area (Å²) in [6, 6.07) is 13.1. The maximum atomic E-state index is 12.5. The van der Waals surface area contributed by atoms with Crippen LogP contribution in [-0.4, -0.2) is 33.1 Å². The normalized spacial score (nSPS) is 10.6. The summed E-state index contributed by atoms with van der Waals surface area (Å²) in [5, 5.41) is 12.2. The van der Waals surface area contributed by atoms with Crippen molar-refractivity contribution in [2.45, 2.75) is 13.5 Å². The van der Waals surface area contributed by atoms with Crippen LogP contribution in [0.1, 0.15) is 15.9 Å². The second-order valence-corrected chi connectivity index (χ2v) is 6.19. The van der Waals surface area contributed by atoms with E-state index in [0.717, 1.165) is 15.6 Å². The zero-order chi connectivity index (χ0) is 17.1. The monoisotopic (exact) mass is 386 g/mol. The van der Waals surface area contributed by atoms with Gasteiger partial charge in [-0.25, -0.2) is 0 Å². The lowest BCUT2D eigenvalue weighted by molar-refractivity contribution is 0.0958. The number of ketones is 1. The highest BCUT2D eigenvalue weighted by Crippen LogP contribution is 2.21. The Balaban J connectivity index is 1.81. The first-order valence-corrected chi connectivity index (χ1v) is 8.07. The van der Waals surface area contributed by atoms with Crippen LogP contribution >= 0.6 is 15.9 Å². The number of nitrogens with zero attached hydrogens (tertiary/aromatic N) is 4. The lowest BCUT2D eigenvalue weighted by Gasteiger charge is -2.08. The van der Waals surface area contributed by atoms with E-state index in [1.54, 1.807) is 19.2 Å². The van der Waals surface area contributed by atoms with Gasteiger partial charge in [-0.2, -0.15) is 4.80 Å². The fourth-order valence-electron chi connectivity index (χ4n) is 2.28. The second kappa shape index (κ2) is 6.92. The van der Waals surface area contributed by atoms with Crippen LogP contribution in [0.5, 0.6) is 5.75 Å². The molecule has 0 saturated carbocycles. The van der Waals surface area contributed by atoms with Gasteiger partial charge in [-0.3, -0.25) is 4.79 Å². The Hall–Kier alpha value is -2.54. The number of hydrogen-bond donors (Lipinski definition) is 0. The van der Waals surface area contributed by atoms with E-state index in [0.29, 0.717) is 17.1 Å². The fourth-order valence-corrected chi connectivity index (χ4v) is 2.54. The molecule has 0 fully saturated rings. The van der Waals surface area contributed by atoms with Crippen LogP contribution in [-0.2, 0) is 6.54 Å². The minimum absolute atomic E-state index is 0.00331. The number of benzene rings is 2. The predicted molar refractivity (Wildman–Crippen MR) is 93.0 cm³/mol. The fraction of sp³-hybridized carbons (Fsp3) is 0.176. The third-order valence-electron chi connectivity index (χ3n) is 3.50. The van der Waals surface area contributed by atoms with Crippen molar-refractivity contribution in [2.24, 2.45) is 0 Å². The van der Waals surface area contributed by atoms with Gasteiger partial charge in [0.2, 0.25) is 5.82 Å². The quantitative estimate of drug-likeness (QED) is 0.629. The van der Waals surface area contributed by atoms with E-state index in [9.17, 15) is 4.79 Å². The number of Topliss-reactive ketones (excluding diaryl/α,β-unsaturated/α-hetero) is 1. The molecule has 0 bridgehead atoms. The predicted octanol–water partition coefficient (Wildman–Crippen LogP) is 3.30. The summed E-state index contributed by atoms with van der Waals surface area (Å²) < 4.78 is 6.23. The molecule has 6 nitrogen and oxygen atoms in total.